The van der Waals surface area contributed by atoms with Gasteiger partial charge in [0, 0.05) is 5.92 Å². The third kappa shape index (κ3) is 3.83. The van der Waals surface area contributed by atoms with E-state index in [0.29, 0.717) is 10.7 Å². The van der Waals surface area contributed by atoms with Crippen LogP contribution in [0.1, 0.15) is 75.7 Å². The average Bonchev–Trinajstić information content (AvgIpc) is 2.94. The molecule has 1 aliphatic carbocycles. The van der Waals surface area contributed by atoms with E-state index in [1.807, 2.05) is 6.21 Å². The molecule has 1 aromatic carbocycles. The number of aromatic amines is 1. The van der Waals surface area contributed by atoms with E-state index < -0.39 is 0 Å². The lowest BCUT2D eigenvalue weighted by atomic mass is 9.87. The van der Waals surface area contributed by atoms with Crippen molar-refractivity contribution in [3.8, 4) is 0 Å². The lowest BCUT2D eigenvalue weighted by Gasteiger charge is -2.20. The Bertz CT molecular complexity index is 756. The van der Waals surface area contributed by atoms with Crippen molar-refractivity contribution in [2.24, 2.45) is 5.10 Å². The first-order valence-corrected chi connectivity index (χ1v) is 9.18. The van der Waals surface area contributed by atoms with E-state index in [-0.39, 0.29) is 5.41 Å². The lowest BCUT2D eigenvalue weighted by molar-refractivity contribution is 0.419. The molecule has 128 valence electrons. The van der Waals surface area contributed by atoms with Gasteiger partial charge in [-0.3, -0.25) is 5.10 Å². The molecule has 0 saturated heterocycles. The van der Waals surface area contributed by atoms with Gasteiger partial charge in [-0.15, -0.1) is 0 Å². The van der Waals surface area contributed by atoms with Gasteiger partial charge in [-0.05, 0) is 41.6 Å². The first kappa shape index (κ1) is 17.1. The van der Waals surface area contributed by atoms with Gasteiger partial charge in [-0.2, -0.15) is 14.9 Å². The minimum absolute atomic E-state index is 0.164. The predicted octanol–water partition coefficient (Wildman–Crippen LogP) is 5.17. The van der Waals surface area contributed by atoms with E-state index in [0.717, 1.165) is 11.4 Å². The SMILES string of the molecule is CC(C)(C)c1ccc(/C=N\n2c(C3CCCCC3)n[nH]c2=S)cc1. The van der Waals surface area contributed by atoms with Gasteiger partial charge in [-0.25, -0.2) is 0 Å². The summed E-state index contributed by atoms with van der Waals surface area (Å²) in [4.78, 5) is 0. The van der Waals surface area contributed by atoms with Crippen LogP contribution >= 0.6 is 12.2 Å². The topological polar surface area (TPSA) is 46.0 Å². The largest absolute Gasteiger partial charge is 0.250 e. The highest BCUT2D eigenvalue weighted by atomic mass is 32.1. The maximum absolute atomic E-state index is 5.36. The van der Waals surface area contributed by atoms with Crippen molar-refractivity contribution in [3.05, 3.63) is 46.0 Å². The number of nitrogens with zero attached hydrogens (tertiary/aromatic N) is 3. The molecule has 1 heterocycles. The predicted molar refractivity (Wildman–Crippen MR) is 101 cm³/mol. The van der Waals surface area contributed by atoms with Crippen LogP contribution in [0.4, 0.5) is 0 Å². The highest BCUT2D eigenvalue weighted by Gasteiger charge is 2.21. The van der Waals surface area contributed by atoms with Crippen LogP contribution in [-0.4, -0.2) is 21.1 Å². The molecule has 1 saturated carbocycles. The zero-order valence-corrected chi connectivity index (χ0v) is 15.6. The second kappa shape index (κ2) is 7.01. The highest BCUT2D eigenvalue weighted by molar-refractivity contribution is 7.71. The van der Waals surface area contributed by atoms with Crippen LogP contribution in [0.15, 0.2) is 29.4 Å². The van der Waals surface area contributed by atoms with Crippen LogP contribution in [0.25, 0.3) is 0 Å². The van der Waals surface area contributed by atoms with Gasteiger partial charge in [0.25, 0.3) is 0 Å². The molecule has 0 bridgehead atoms. The summed E-state index contributed by atoms with van der Waals surface area (Å²) in [6.07, 6.45) is 8.07. The third-order valence-electron chi connectivity index (χ3n) is 4.74. The number of nitrogens with one attached hydrogen (secondary N) is 1. The van der Waals surface area contributed by atoms with E-state index in [9.17, 15) is 0 Å². The van der Waals surface area contributed by atoms with Crippen molar-refractivity contribution in [1.29, 1.82) is 0 Å². The van der Waals surface area contributed by atoms with Gasteiger partial charge in [0.05, 0.1) is 6.21 Å². The van der Waals surface area contributed by atoms with Gasteiger partial charge in [0.1, 0.15) is 0 Å². The third-order valence-corrected chi connectivity index (χ3v) is 5.01. The van der Waals surface area contributed by atoms with Gasteiger partial charge < -0.3 is 0 Å². The van der Waals surface area contributed by atoms with Gasteiger partial charge >= 0.3 is 0 Å². The zero-order chi connectivity index (χ0) is 17.2. The summed E-state index contributed by atoms with van der Waals surface area (Å²) in [5, 5.41) is 11.9. The first-order chi connectivity index (χ1) is 11.4. The lowest BCUT2D eigenvalue weighted by Crippen LogP contribution is -2.11. The standard InChI is InChI=1S/C19H26N4S/c1-19(2,3)16-11-9-14(10-12-16)13-20-23-17(21-22-18(23)24)15-7-5-4-6-8-15/h9-13,15H,4-8H2,1-3H3,(H,22,24)/b20-13-. The molecule has 1 aliphatic rings. The Balaban J connectivity index is 1.82. The summed E-state index contributed by atoms with van der Waals surface area (Å²) in [6, 6.07) is 8.54. The summed E-state index contributed by atoms with van der Waals surface area (Å²) in [5.41, 5.74) is 2.56. The van der Waals surface area contributed by atoms with E-state index in [1.54, 1.807) is 4.68 Å². The van der Waals surface area contributed by atoms with E-state index in [4.69, 9.17) is 12.2 Å². The normalized spacial score (nSPS) is 16.8. The van der Waals surface area contributed by atoms with E-state index in [1.165, 1.54) is 37.7 Å². The van der Waals surface area contributed by atoms with Gasteiger partial charge in [0.2, 0.25) is 4.77 Å². The van der Waals surface area contributed by atoms with Crippen molar-refractivity contribution in [2.45, 2.75) is 64.2 Å². The Morgan fingerprint density at radius 3 is 2.46 bits per heavy atom. The number of rotatable bonds is 3. The monoisotopic (exact) mass is 342 g/mol. The molecule has 5 heteroatoms. The number of hydrogen-bond acceptors (Lipinski definition) is 3. The summed E-state index contributed by atoms with van der Waals surface area (Å²) in [6.45, 7) is 6.66. The fourth-order valence-corrected chi connectivity index (χ4v) is 3.42. The van der Waals surface area contributed by atoms with Crippen molar-refractivity contribution >= 4 is 18.4 Å². The highest BCUT2D eigenvalue weighted by Crippen LogP contribution is 2.31. The molecule has 0 radical (unpaired) electrons. The second-order valence-corrected chi connectivity index (χ2v) is 8.04. The molecule has 0 amide bonds. The molecule has 4 nitrogen and oxygen atoms in total. The van der Waals surface area contributed by atoms with E-state index >= 15 is 0 Å². The van der Waals surface area contributed by atoms with Gasteiger partial charge in [0.15, 0.2) is 5.82 Å². The molecular weight excluding hydrogens is 316 g/mol. The van der Waals surface area contributed by atoms with Crippen molar-refractivity contribution in [1.82, 2.24) is 14.9 Å². The first-order valence-electron chi connectivity index (χ1n) is 8.77. The van der Waals surface area contributed by atoms with Crippen LogP contribution in [0.2, 0.25) is 0 Å². The Labute approximate surface area is 149 Å². The number of benzene rings is 1. The molecule has 2 aromatic rings. The van der Waals surface area contributed by atoms with Gasteiger partial charge in [-0.1, -0.05) is 64.3 Å². The molecule has 3 rings (SSSR count). The average molecular weight is 343 g/mol. The quantitative estimate of drug-likeness (QED) is 0.618. The Kier molecular flexibility index (Phi) is 4.99. The van der Waals surface area contributed by atoms with Crippen LogP contribution in [-0.2, 0) is 5.41 Å². The van der Waals surface area contributed by atoms with Crippen molar-refractivity contribution in [2.75, 3.05) is 0 Å². The zero-order valence-electron chi connectivity index (χ0n) is 14.7. The van der Waals surface area contributed by atoms with Crippen molar-refractivity contribution < 1.29 is 0 Å². The molecule has 1 N–H and O–H groups in total. The molecule has 0 aliphatic heterocycles. The molecule has 1 fully saturated rings. The number of H-pyrrole nitrogens is 1. The fourth-order valence-electron chi connectivity index (χ4n) is 3.23. The smallest absolute Gasteiger partial charge is 0.216 e. The van der Waals surface area contributed by atoms with Crippen LogP contribution < -0.4 is 0 Å². The minimum atomic E-state index is 0.164. The Hall–Kier alpha value is -1.75. The number of hydrogen-bond donors (Lipinski definition) is 1. The molecule has 0 atom stereocenters. The molecule has 0 unspecified atom stereocenters. The van der Waals surface area contributed by atoms with Crippen LogP contribution in [0.5, 0.6) is 0 Å². The molecule has 0 spiro atoms. The molecular formula is C19H26N4S. The number of aromatic nitrogens is 3. The summed E-state index contributed by atoms with van der Waals surface area (Å²) in [7, 11) is 0. The fraction of sp³-hybridized carbons (Fsp3) is 0.526. The van der Waals surface area contributed by atoms with Crippen molar-refractivity contribution in [3.63, 3.8) is 0 Å². The van der Waals surface area contributed by atoms with E-state index in [2.05, 4.69) is 60.3 Å². The summed E-state index contributed by atoms with van der Waals surface area (Å²) >= 11 is 5.36. The second-order valence-electron chi connectivity index (χ2n) is 7.65. The van der Waals surface area contributed by atoms with Crippen LogP contribution in [0.3, 0.4) is 0 Å². The summed E-state index contributed by atoms with van der Waals surface area (Å²) in [5.74, 6) is 1.44. The minimum Gasteiger partial charge on any atom is -0.250 e. The summed E-state index contributed by atoms with van der Waals surface area (Å²) < 4.78 is 2.36. The molecule has 24 heavy (non-hydrogen) atoms. The maximum atomic E-state index is 5.36. The maximum Gasteiger partial charge on any atom is 0.216 e. The Morgan fingerprint density at radius 2 is 1.83 bits per heavy atom. The molecule has 1 aromatic heterocycles. The van der Waals surface area contributed by atoms with Crippen LogP contribution in [0, 0.1) is 4.77 Å². The Morgan fingerprint density at radius 1 is 1.17 bits per heavy atom.